The highest BCUT2D eigenvalue weighted by Crippen LogP contribution is 2.30. The van der Waals surface area contributed by atoms with Crippen molar-refractivity contribution in [2.75, 3.05) is 23.1 Å². The van der Waals surface area contributed by atoms with Gasteiger partial charge in [0, 0.05) is 12.3 Å². The van der Waals surface area contributed by atoms with Gasteiger partial charge in [0.15, 0.2) is 0 Å². The molecule has 0 fully saturated rings. The Morgan fingerprint density at radius 2 is 1.84 bits per heavy atom. The Bertz CT molecular complexity index is 1100. The first-order valence-electron chi connectivity index (χ1n) is 9.58. The number of halogens is 1. The number of sulfonamides is 1. The zero-order chi connectivity index (χ0) is 22.3. The third-order valence-electron chi connectivity index (χ3n) is 4.41. The number of nitrogens with one attached hydrogen (secondary N) is 1. The maximum Gasteiger partial charge on any atom is 0.264 e. The van der Waals surface area contributed by atoms with Crippen LogP contribution in [0, 0.1) is 6.92 Å². The zero-order valence-electron chi connectivity index (χ0n) is 17.0. The molecule has 31 heavy (non-hydrogen) atoms. The topological polar surface area (TPSA) is 79.6 Å². The molecule has 9 heteroatoms. The van der Waals surface area contributed by atoms with E-state index in [0.29, 0.717) is 18.1 Å². The molecule has 164 valence electrons. The second kappa shape index (κ2) is 10.7. The third kappa shape index (κ3) is 6.29. The molecule has 3 rings (SSSR count). The second-order valence-electron chi connectivity index (χ2n) is 6.76. The van der Waals surface area contributed by atoms with Gasteiger partial charge in [0.1, 0.15) is 12.3 Å². The summed E-state index contributed by atoms with van der Waals surface area (Å²) in [6.45, 7) is 1.91. The number of hydrogen-bond acceptors (Lipinski definition) is 5. The molecular formula is C22H23ClN2O4S2. The molecule has 6 nitrogen and oxygen atoms in total. The predicted molar refractivity (Wildman–Crippen MR) is 125 cm³/mol. The fraction of sp³-hybridized carbons (Fsp3) is 0.227. The fourth-order valence-corrected chi connectivity index (χ4v) is 5.29. The lowest BCUT2D eigenvalue weighted by molar-refractivity contribution is -0.119. The summed E-state index contributed by atoms with van der Waals surface area (Å²) in [6.07, 6.45) is 1.62. The molecule has 0 radical (unpaired) electrons. The number of hydrogen-bond donors (Lipinski definition) is 1. The monoisotopic (exact) mass is 478 g/mol. The smallest absolute Gasteiger partial charge is 0.264 e. The van der Waals surface area contributed by atoms with Crippen molar-refractivity contribution in [2.24, 2.45) is 0 Å². The summed E-state index contributed by atoms with van der Waals surface area (Å²) in [5.74, 6) is 1.83. The number of carbonyl (C=O) groups is 1. The standard InChI is InChI=1S/C22H23ClN2O4S2/c1-17-8-10-19(11-9-17)31(27,28)25(21-7-3-2-6-20(21)23)15-22(26)24-12-14-30-16-18-5-4-13-29-18/h2-11,13H,12,14-16H2,1H3,(H,24,26). The molecule has 3 aromatic rings. The summed E-state index contributed by atoms with van der Waals surface area (Å²) in [4.78, 5) is 12.7. The number of furan rings is 1. The van der Waals surface area contributed by atoms with Crippen LogP contribution in [0.1, 0.15) is 11.3 Å². The van der Waals surface area contributed by atoms with Crippen LogP contribution in [0.25, 0.3) is 0 Å². The van der Waals surface area contributed by atoms with E-state index in [1.807, 2.05) is 19.1 Å². The summed E-state index contributed by atoms with van der Waals surface area (Å²) in [7, 11) is -3.98. The molecule has 0 saturated heterocycles. The van der Waals surface area contributed by atoms with E-state index in [0.717, 1.165) is 15.6 Å². The van der Waals surface area contributed by atoms with Crippen molar-refractivity contribution < 1.29 is 17.6 Å². The van der Waals surface area contributed by atoms with Crippen molar-refractivity contribution in [3.05, 3.63) is 83.3 Å². The highest BCUT2D eigenvalue weighted by Gasteiger charge is 2.28. The normalized spacial score (nSPS) is 11.3. The summed E-state index contributed by atoms with van der Waals surface area (Å²) in [5.41, 5.74) is 1.19. The van der Waals surface area contributed by atoms with Gasteiger partial charge in [-0.25, -0.2) is 8.42 Å². The maximum atomic E-state index is 13.3. The molecule has 2 aromatic carbocycles. The van der Waals surface area contributed by atoms with Crippen molar-refractivity contribution in [1.82, 2.24) is 5.32 Å². The molecule has 1 amide bonds. The highest BCUT2D eigenvalue weighted by molar-refractivity contribution is 7.98. The van der Waals surface area contributed by atoms with Crippen LogP contribution < -0.4 is 9.62 Å². The van der Waals surface area contributed by atoms with Crippen LogP contribution in [0.15, 0.2) is 76.2 Å². The number of anilines is 1. The molecule has 1 N–H and O–H groups in total. The molecule has 1 aromatic heterocycles. The Balaban J connectivity index is 1.69. The summed E-state index contributed by atoms with van der Waals surface area (Å²) in [5, 5.41) is 3.03. The Kier molecular flexibility index (Phi) is 8.06. The van der Waals surface area contributed by atoms with Gasteiger partial charge in [0.05, 0.1) is 27.6 Å². The van der Waals surface area contributed by atoms with E-state index >= 15 is 0 Å². The van der Waals surface area contributed by atoms with E-state index in [1.165, 1.54) is 12.1 Å². The molecule has 0 spiro atoms. The Morgan fingerprint density at radius 3 is 2.52 bits per heavy atom. The zero-order valence-corrected chi connectivity index (χ0v) is 19.3. The van der Waals surface area contributed by atoms with E-state index in [-0.39, 0.29) is 22.2 Å². The van der Waals surface area contributed by atoms with Crippen molar-refractivity contribution in [2.45, 2.75) is 17.6 Å². The quantitative estimate of drug-likeness (QED) is 0.434. The first kappa shape index (κ1) is 23.2. The fourth-order valence-electron chi connectivity index (χ4n) is 2.81. The Hall–Kier alpha value is -2.42. The largest absolute Gasteiger partial charge is 0.468 e. The van der Waals surface area contributed by atoms with Gasteiger partial charge in [0.2, 0.25) is 5.91 Å². The third-order valence-corrected chi connectivity index (χ3v) is 7.49. The van der Waals surface area contributed by atoms with E-state index in [1.54, 1.807) is 54.4 Å². The van der Waals surface area contributed by atoms with Gasteiger partial charge in [-0.2, -0.15) is 11.8 Å². The Morgan fingerprint density at radius 1 is 1.10 bits per heavy atom. The molecule has 0 atom stereocenters. The van der Waals surface area contributed by atoms with Crippen LogP contribution in [0.3, 0.4) is 0 Å². The number of aryl methyl sites for hydroxylation is 1. The summed E-state index contributed by atoms with van der Waals surface area (Å²) in [6, 6.07) is 16.8. The molecular weight excluding hydrogens is 456 g/mol. The average Bonchev–Trinajstić information content (AvgIpc) is 3.26. The minimum Gasteiger partial charge on any atom is -0.468 e. The second-order valence-corrected chi connectivity index (χ2v) is 10.1. The minimum absolute atomic E-state index is 0.0971. The first-order valence-corrected chi connectivity index (χ1v) is 12.6. The highest BCUT2D eigenvalue weighted by atomic mass is 35.5. The number of thioether (sulfide) groups is 1. The van der Waals surface area contributed by atoms with Crippen LogP contribution in [0.4, 0.5) is 5.69 Å². The Labute approximate surface area is 191 Å². The number of amides is 1. The van der Waals surface area contributed by atoms with Gasteiger partial charge in [-0.15, -0.1) is 0 Å². The van der Waals surface area contributed by atoms with Crippen LogP contribution >= 0.6 is 23.4 Å². The number of para-hydroxylation sites is 1. The summed E-state index contributed by atoms with van der Waals surface area (Å²) >= 11 is 7.88. The van der Waals surface area contributed by atoms with Crippen LogP contribution in [0.5, 0.6) is 0 Å². The van der Waals surface area contributed by atoms with Gasteiger partial charge in [-0.1, -0.05) is 41.4 Å². The SMILES string of the molecule is Cc1ccc(S(=O)(=O)N(CC(=O)NCCSCc2ccco2)c2ccccc2Cl)cc1. The number of carbonyl (C=O) groups excluding carboxylic acids is 1. The lowest BCUT2D eigenvalue weighted by Crippen LogP contribution is -2.41. The minimum atomic E-state index is -3.98. The number of rotatable bonds is 10. The van der Waals surface area contributed by atoms with E-state index in [4.69, 9.17) is 16.0 Å². The molecule has 0 bridgehead atoms. The molecule has 0 aliphatic carbocycles. The van der Waals surface area contributed by atoms with E-state index < -0.39 is 15.9 Å². The lowest BCUT2D eigenvalue weighted by Gasteiger charge is -2.25. The van der Waals surface area contributed by atoms with E-state index in [9.17, 15) is 13.2 Å². The van der Waals surface area contributed by atoms with Gasteiger partial charge in [-0.3, -0.25) is 9.10 Å². The van der Waals surface area contributed by atoms with Gasteiger partial charge < -0.3 is 9.73 Å². The predicted octanol–water partition coefficient (Wildman–Crippen LogP) is 4.49. The molecule has 0 unspecified atom stereocenters. The van der Waals surface area contributed by atoms with Crippen LogP contribution in [-0.4, -0.2) is 33.2 Å². The molecule has 0 saturated carbocycles. The number of benzene rings is 2. The lowest BCUT2D eigenvalue weighted by atomic mass is 10.2. The van der Waals surface area contributed by atoms with Gasteiger partial charge in [0.25, 0.3) is 10.0 Å². The first-order chi connectivity index (χ1) is 14.9. The van der Waals surface area contributed by atoms with Gasteiger partial charge in [-0.05, 0) is 43.3 Å². The van der Waals surface area contributed by atoms with Crippen molar-refractivity contribution >= 4 is 45.0 Å². The van der Waals surface area contributed by atoms with Crippen molar-refractivity contribution in [3.8, 4) is 0 Å². The molecule has 0 aliphatic rings. The van der Waals surface area contributed by atoms with Crippen molar-refractivity contribution in [3.63, 3.8) is 0 Å². The average molecular weight is 479 g/mol. The molecule has 0 aliphatic heterocycles. The van der Waals surface area contributed by atoms with E-state index in [2.05, 4.69) is 5.32 Å². The van der Waals surface area contributed by atoms with Crippen LogP contribution in [0.2, 0.25) is 5.02 Å². The van der Waals surface area contributed by atoms with Gasteiger partial charge >= 0.3 is 0 Å². The number of nitrogens with zero attached hydrogens (tertiary/aromatic N) is 1. The van der Waals surface area contributed by atoms with Crippen LogP contribution in [-0.2, 0) is 20.6 Å². The maximum absolute atomic E-state index is 13.3. The summed E-state index contributed by atoms with van der Waals surface area (Å²) < 4.78 is 32.9. The van der Waals surface area contributed by atoms with Crippen molar-refractivity contribution in [1.29, 1.82) is 0 Å². The molecule has 1 heterocycles.